The standard InChI is InChI=1S/C17H26N2O3/c1-13-12-14(4-5-15(13)17(2,3)18)16(20)22-11-8-19-6-9-21-10-7-19/h4-5,12H,6-11,18H2,1-3H3. The van der Waals surface area contributed by atoms with E-state index in [0.29, 0.717) is 12.2 Å². The van der Waals surface area contributed by atoms with Crippen LogP contribution in [-0.2, 0) is 15.0 Å². The lowest BCUT2D eigenvalue weighted by Crippen LogP contribution is -2.38. The van der Waals surface area contributed by atoms with Gasteiger partial charge in [-0.25, -0.2) is 4.79 Å². The van der Waals surface area contributed by atoms with Crippen LogP contribution in [0.5, 0.6) is 0 Å². The molecule has 2 rings (SSSR count). The van der Waals surface area contributed by atoms with Crippen LogP contribution in [0.1, 0.15) is 35.3 Å². The zero-order chi connectivity index (χ0) is 16.2. The van der Waals surface area contributed by atoms with Gasteiger partial charge in [0.25, 0.3) is 0 Å². The number of ether oxygens (including phenoxy) is 2. The second-order valence-corrected chi connectivity index (χ2v) is 6.34. The number of morpholine rings is 1. The van der Waals surface area contributed by atoms with Crippen molar-refractivity contribution in [2.45, 2.75) is 26.3 Å². The number of nitrogens with zero attached hydrogens (tertiary/aromatic N) is 1. The van der Waals surface area contributed by atoms with Gasteiger partial charge in [0.05, 0.1) is 18.8 Å². The molecule has 1 aromatic rings. The number of carbonyl (C=O) groups excluding carboxylic acids is 1. The van der Waals surface area contributed by atoms with Gasteiger partial charge in [0.2, 0.25) is 0 Å². The Balaban J connectivity index is 1.88. The van der Waals surface area contributed by atoms with Gasteiger partial charge in [-0.05, 0) is 44.0 Å². The number of nitrogens with two attached hydrogens (primary N) is 1. The number of esters is 1. The van der Waals surface area contributed by atoms with Crippen LogP contribution in [0.25, 0.3) is 0 Å². The smallest absolute Gasteiger partial charge is 0.338 e. The van der Waals surface area contributed by atoms with E-state index in [1.165, 1.54) is 0 Å². The second kappa shape index (κ2) is 7.22. The molecule has 0 bridgehead atoms. The fourth-order valence-corrected chi connectivity index (χ4v) is 2.69. The van der Waals surface area contributed by atoms with Gasteiger partial charge in [-0.2, -0.15) is 0 Å². The average molecular weight is 306 g/mol. The molecule has 2 N–H and O–H groups in total. The second-order valence-electron chi connectivity index (χ2n) is 6.34. The van der Waals surface area contributed by atoms with E-state index in [2.05, 4.69) is 4.90 Å². The molecule has 0 saturated carbocycles. The van der Waals surface area contributed by atoms with Gasteiger partial charge >= 0.3 is 5.97 Å². The number of carbonyl (C=O) groups is 1. The summed E-state index contributed by atoms with van der Waals surface area (Å²) in [5, 5.41) is 0. The lowest BCUT2D eigenvalue weighted by atomic mass is 9.90. The molecule has 1 aromatic carbocycles. The summed E-state index contributed by atoms with van der Waals surface area (Å²) in [6.07, 6.45) is 0. The van der Waals surface area contributed by atoms with Crippen LogP contribution in [0, 0.1) is 6.92 Å². The average Bonchev–Trinajstić information content (AvgIpc) is 2.46. The highest BCUT2D eigenvalue weighted by Crippen LogP contribution is 2.22. The summed E-state index contributed by atoms with van der Waals surface area (Å²) in [5.41, 5.74) is 8.33. The number of benzene rings is 1. The highest BCUT2D eigenvalue weighted by Gasteiger charge is 2.18. The quantitative estimate of drug-likeness (QED) is 0.839. The van der Waals surface area contributed by atoms with Crippen molar-refractivity contribution in [3.63, 3.8) is 0 Å². The minimum absolute atomic E-state index is 0.280. The van der Waals surface area contributed by atoms with E-state index in [1.54, 1.807) is 6.07 Å². The van der Waals surface area contributed by atoms with E-state index >= 15 is 0 Å². The summed E-state index contributed by atoms with van der Waals surface area (Å²) < 4.78 is 10.6. The van der Waals surface area contributed by atoms with Crippen LogP contribution in [0.2, 0.25) is 0 Å². The van der Waals surface area contributed by atoms with Crippen molar-refractivity contribution in [3.05, 3.63) is 34.9 Å². The topological polar surface area (TPSA) is 64.8 Å². The fraction of sp³-hybridized carbons (Fsp3) is 0.588. The lowest BCUT2D eigenvalue weighted by molar-refractivity contribution is 0.0195. The maximum atomic E-state index is 12.1. The number of hydrogen-bond acceptors (Lipinski definition) is 5. The Morgan fingerprint density at radius 3 is 2.64 bits per heavy atom. The van der Waals surface area contributed by atoms with Gasteiger partial charge in [-0.1, -0.05) is 6.07 Å². The summed E-state index contributed by atoms with van der Waals surface area (Å²) in [4.78, 5) is 14.3. The first-order valence-electron chi connectivity index (χ1n) is 7.75. The van der Waals surface area contributed by atoms with Crippen LogP contribution in [-0.4, -0.2) is 50.3 Å². The Kier molecular flexibility index (Phi) is 5.56. The van der Waals surface area contributed by atoms with Gasteiger partial charge < -0.3 is 15.2 Å². The molecule has 0 aromatic heterocycles. The third-order valence-corrected chi connectivity index (χ3v) is 3.90. The van der Waals surface area contributed by atoms with Crippen LogP contribution in [0.15, 0.2) is 18.2 Å². The van der Waals surface area contributed by atoms with Crippen molar-refractivity contribution in [2.75, 3.05) is 39.5 Å². The Morgan fingerprint density at radius 1 is 1.36 bits per heavy atom. The molecule has 0 radical (unpaired) electrons. The maximum Gasteiger partial charge on any atom is 0.338 e. The molecule has 1 aliphatic rings. The first-order valence-corrected chi connectivity index (χ1v) is 7.75. The third-order valence-electron chi connectivity index (χ3n) is 3.90. The van der Waals surface area contributed by atoms with Gasteiger partial charge in [-0.15, -0.1) is 0 Å². The highest BCUT2D eigenvalue weighted by atomic mass is 16.5. The van der Waals surface area contributed by atoms with Crippen molar-refractivity contribution >= 4 is 5.97 Å². The number of hydrogen-bond donors (Lipinski definition) is 1. The van der Waals surface area contributed by atoms with Crippen LogP contribution >= 0.6 is 0 Å². The van der Waals surface area contributed by atoms with Gasteiger partial charge in [0.15, 0.2) is 0 Å². The Hall–Kier alpha value is -1.43. The van der Waals surface area contributed by atoms with E-state index in [4.69, 9.17) is 15.2 Å². The Morgan fingerprint density at radius 2 is 2.05 bits per heavy atom. The van der Waals surface area contributed by atoms with Crippen molar-refractivity contribution in [1.29, 1.82) is 0 Å². The molecule has 1 fully saturated rings. The van der Waals surface area contributed by atoms with E-state index < -0.39 is 5.54 Å². The largest absolute Gasteiger partial charge is 0.461 e. The third kappa shape index (κ3) is 4.53. The lowest BCUT2D eigenvalue weighted by Gasteiger charge is -2.26. The number of aryl methyl sites for hydroxylation is 1. The minimum Gasteiger partial charge on any atom is -0.461 e. The highest BCUT2D eigenvalue weighted by molar-refractivity contribution is 5.89. The van der Waals surface area contributed by atoms with Crippen molar-refractivity contribution in [1.82, 2.24) is 4.90 Å². The number of rotatable bonds is 5. The van der Waals surface area contributed by atoms with Crippen LogP contribution < -0.4 is 5.73 Å². The first-order chi connectivity index (χ1) is 10.4. The van der Waals surface area contributed by atoms with Gasteiger partial charge in [0.1, 0.15) is 6.61 Å². The zero-order valence-corrected chi connectivity index (χ0v) is 13.7. The van der Waals surface area contributed by atoms with E-state index in [-0.39, 0.29) is 5.97 Å². The minimum atomic E-state index is -0.414. The summed E-state index contributed by atoms with van der Waals surface area (Å²) in [6.45, 7) is 10.3. The SMILES string of the molecule is Cc1cc(C(=O)OCCN2CCOCC2)ccc1C(C)(C)N. The molecular formula is C17H26N2O3. The van der Waals surface area contributed by atoms with Gasteiger partial charge in [0, 0.05) is 25.2 Å². The molecule has 1 heterocycles. The first kappa shape index (κ1) is 16.9. The molecule has 0 unspecified atom stereocenters. The van der Waals surface area contributed by atoms with E-state index in [0.717, 1.165) is 44.0 Å². The molecule has 5 heteroatoms. The van der Waals surface area contributed by atoms with Crippen molar-refractivity contribution in [3.8, 4) is 0 Å². The molecule has 5 nitrogen and oxygen atoms in total. The maximum absolute atomic E-state index is 12.1. The van der Waals surface area contributed by atoms with E-state index in [1.807, 2.05) is 32.9 Å². The monoisotopic (exact) mass is 306 g/mol. The normalized spacial score (nSPS) is 16.5. The zero-order valence-electron chi connectivity index (χ0n) is 13.7. The molecule has 0 amide bonds. The van der Waals surface area contributed by atoms with Gasteiger partial charge in [-0.3, -0.25) is 4.90 Å². The van der Waals surface area contributed by atoms with Crippen LogP contribution in [0.4, 0.5) is 0 Å². The molecule has 0 aliphatic carbocycles. The molecule has 0 spiro atoms. The molecule has 1 aliphatic heterocycles. The molecule has 122 valence electrons. The summed E-state index contributed by atoms with van der Waals surface area (Å²) >= 11 is 0. The van der Waals surface area contributed by atoms with Crippen LogP contribution in [0.3, 0.4) is 0 Å². The predicted molar refractivity (Wildman–Crippen MR) is 85.9 cm³/mol. The van der Waals surface area contributed by atoms with Crippen molar-refractivity contribution < 1.29 is 14.3 Å². The Bertz CT molecular complexity index is 517. The predicted octanol–water partition coefficient (Wildman–Crippen LogP) is 1.68. The molecular weight excluding hydrogens is 280 g/mol. The summed E-state index contributed by atoms with van der Waals surface area (Å²) in [7, 11) is 0. The molecule has 22 heavy (non-hydrogen) atoms. The molecule has 1 saturated heterocycles. The Labute approximate surface area is 132 Å². The fourth-order valence-electron chi connectivity index (χ4n) is 2.69. The summed E-state index contributed by atoms with van der Waals surface area (Å²) in [6, 6.07) is 5.54. The van der Waals surface area contributed by atoms with E-state index in [9.17, 15) is 4.79 Å². The molecule has 0 atom stereocenters. The van der Waals surface area contributed by atoms with Crippen molar-refractivity contribution in [2.24, 2.45) is 5.73 Å². The summed E-state index contributed by atoms with van der Waals surface area (Å²) in [5.74, 6) is -0.280.